The van der Waals surface area contributed by atoms with Gasteiger partial charge in [-0.05, 0) is 57.8 Å². The standard InChI is InChI=1S/C21H30N6O6/c28-16-22-10-4-1-5-11-23-17(29)25-13-7-2-6-12-24(16)20(32)26(18(22)30)14-8-3-9-15-27(19(23)31)21(25)33/h1-15H2. The Hall–Kier alpha value is -3.18. The van der Waals surface area contributed by atoms with Gasteiger partial charge in [-0.1, -0.05) is 0 Å². The lowest BCUT2D eigenvalue weighted by atomic mass is 10.2. The van der Waals surface area contributed by atoms with Crippen molar-refractivity contribution >= 4 is 0 Å². The first-order valence-electron chi connectivity index (χ1n) is 11.8. The Kier molecular flexibility index (Phi) is 6.80. The quantitative estimate of drug-likeness (QED) is 0.488. The number of fused-ring (bicyclic) bond motifs is 12. The van der Waals surface area contributed by atoms with Crippen molar-refractivity contribution in [1.82, 2.24) is 27.4 Å². The topological polar surface area (TPSA) is 132 Å². The van der Waals surface area contributed by atoms with Gasteiger partial charge in [0.15, 0.2) is 0 Å². The van der Waals surface area contributed by atoms with Crippen molar-refractivity contribution in [2.75, 3.05) is 0 Å². The zero-order valence-corrected chi connectivity index (χ0v) is 18.7. The minimum atomic E-state index is -0.588. The van der Waals surface area contributed by atoms with Crippen LogP contribution in [0, 0.1) is 0 Å². The summed E-state index contributed by atoms with van der Waals surface area (Å²) in [5.74, 6) is 0. The second-order valence-electron chi connectivity index (χ2n) is 8.79. The average molecular weight is 463 g/mol. The highest BCUT2D eigenvalue weighted by Gasteiger charge is 2.18. The van der Waals surface area contributed by atoms with Crippen LogP contribution in [0.2, 0.25) is 0 Å². The third-order valence-corrected chi connectivity index (χ3v) is 6.56. The molecule has 0 saturated heterocycles. The third-order valence-electron chi connectivity index (χ3n) is 6.56. The molecule has 0 fully saturated rings. The predicted octanol–water partition coefficient (Wildman–Crippen LogP) is -1.10. The van der Waals surface area contributed by atoms with Gasteiger partial charge in [0, 0.05) is 39.3 Å². The Labute approximate surface area is 187 Å². The Morgan fingerprint density at radius 1 is 0.273 bits per heavy atom. The van der Waals surface area contributed by atoms with Crippen LogP contribution in [-0.2, 0) is 39.3 Å². The fraction of sp³-hybridized carbons (Fsp3) is 0.714. The van der Waals surface area contributed by atoms with Crippen LogP contribution in [0.4, 0.5) is 0 Å². The van der Waals surface area contributed by atoms with Crippen molar-refractivity contribution in [3.8, 4) is 0 Å². The van der Waals surface area contributed by atoms with Gasteiger partial charge in [-0.3, -0.25) is 0 Å². The van der Waals surface area contributed by atoms with Crippen molar-refractivity contribution < 1.29 is 0 Å². The van der Waals surface area contributed by atoms with Crippen molar-refractivity contribution in [3.63, 3.8) is 0 Å². The average Bonchev–Trinajstić information content (AvgIpc) is 2.78. The van der Waals surface area contributed by atoms with Gasteiger partial charge in [0.05, 0.1) is 0 Å². The van der Waals surface area contributed by atoms with E-state index in [9.17, 15) is 28.8 Å². The number of hydrogen-bond acceptors (Lipinski definition) is 6. The van der Waals surface area contributed by atoms with Crippen LogP contribution in [0.1, 0.15) is 57.8 Å². The highest BCUT2D eigenvalue weighted by Crippen LogP contribution is 2.03. The van der Waals surface area contributed by atoms with Gasteiger partial charge >= 0.3 is 34.1 Å². The summed E-state index contributed by atoms with van der Waals surface area (Å²) in [7, 11) is 0. The van der Waals surface area contributed by atoms with Gasteiger partial charge in [-0.25, -0.2) is 56.2 Å². The van der Waals surface area contributed by atoms with Crippen LogP contribution in [-0.4, -0.2) is 27.4 Å². The normalized spacial score (nSPS) is 17.8. The molecule has 33 heavy (non-hydrogen) atoms. The molecule has 0 aromatic carbocycles. The summed E-state index contributed by atoms with van der Waals surface area (Å²) in [6.45, 7) is 0.980. The summed E-state index contributed by atoms with van der Waals surface area (Å²) < 4.78 is 6.82. The third kappa shape index (κ3) is 4.38. The maximum atomic E-state index is 12.9. The van der Waals surface area contributed by atoms with Gasteiger partial charge in [-0.2, -0.15) is 0 Å². The first-order valence-corrected chi connectivity index (χ1v) is 11.8. The van der Waals surface area contributed by atoms with Gasteiger partial charge in [0.25, 0.3) is 0 Å². The molecule has 0 aliphatic carbocycles. The molecule has 0 spiro atoms. The van der Waals surface area contributed by atoms with Crippen molar-refractivity contribution in [2.24, 2.45) is 0 Å². The lowest BCUT2D eigenvalue weighted by Crippen LogP contribution is -2.55. The molecule has 0 unspecified atom stereocenters. The summed E-state index contributed by atoms with van der Waals surface area (Å²) in [6, 6.07) is 0. The fourth-order valence-corrected chi connectivity index (χ4v) is 4.66. The van der Waals surface area contributed by atoms with Crippen molar-refractivity contribution in [3.05, 3.63) is 62.9 Å². The van der Waals surface area contributed by atoms with Crippen LogP contribution >= 0.6 is 0 Å². The molecular weight excluding hydrogens is 432 g/mol. The van der Waals surface area contributed by atoms with Crippen molar-refractivity contribution in [1.29, 1.82) is 0 Å². The first kappa shape index (κ1) is 23.0. The highest BCUT2D eigenvalue weighted by atomic mass is 16.2. The minimum absolute atomic E-state index is 0.163. The molecule has 0 radical (unpaired) electrons. The Bertz CT molecular complexity index is 1050. The highest BCUT2D eigenvalue weighted by molar-refractivity contribution is 4.82. The Morgan fingerprint density at radius 3 is 0.576 bits per heavy atom. The lowest BCUT2D eigenvalue weighted by molar-refractivity contribution is 0.379. The summed E-state index contributed by atoms with van der Waals surface area (Å²) in [6.07, 6.45) is 4.59. The molecule has 5 rings (SSSR count). The maximum Gasteiger partial charge on any atom is 0.336 e. The monoisotopic (exact) mass is 462 g/mol. The number of rotatable bonds is 0. The van der Waals surface area contributed by atoms with E-state index in [0.29, 0.717) is 57.8 Å². The van der Waals surface area contributed by atoms with E-state index < -0.39 is 34.1 Å². The summed E-state index contributed by atoms with van der Waals surface area (Å²) in [4.78, 5) is 77.6. The number of hydrogen-bond donors (Lipinski definition) is 0. The molecule has 5 heterocycles. The van der Waals surface area contributed by atoms with Crippen LogP contribution in [0.5, 0.6) is 0 Å². The second-order valence-corrected chi connectivity index (χ2v) is 8.79. The molecule has 3 aliphatic heterocycles. The van der Waals surface area contributed by atoms with Gasteiger partial charge in [0.2, 0.25) is 0 Å². The van der Waals surface area contributed by atoms with E-state index in [1.165, 1.54) is 0 Å². The van der Waals surface area contributed by atoms with Crippen LogP contribution in [0.15, 0.2) is 28.8 Å². The number of aromatic nitrogens is 6. The Balaban J connectivity index is 1.86. The summed E-state index contributed by atoms with van der Waals surface area (Å²) >= 11 is 0. The van der Waals surface area contributed by atoms with Crippen LogP contribution in [0.3, 0.4) is 0 Å². The van der Waals surface area contributed by atoms with Gasteiger partial charge in [0.1, 0.15) is 0 Å². The van der Waals surface area contributed by atoms with E-state index in [2.05, 4.69) is 0 Å². The predicted molar refractivity (Wildman–Crippen MR) is 120 cm³/mol. The van der Waals surface area contributed by atoms with E-state index in [1.807, 2.05) is 0 Å². The van der Waals surface area contributed by atoms with E-state index in [1.54, 1.807) is 0 Å². The molecular formula is C21H30N6O6. The van der Waals surface area contributed by atoms with E-state index in [0.717, 1.165) is 27.4 Å². The van der Waals surface area contributed by atoms with Crippen molar-refractivity contribution in [2.45, 2.75) is 97.1 Å². The van der Waals surface area contributed by atoms with E-state index in [-0.39, 0.29) is 39.3 Å². The van der Waals surface area contributed by atoms with Gasteiger partial charge in [-0.15, -0.1) is 0 Å². The summed E-state index contributed by atoms with van der Waals surface area (Å²) in [5.41, 5.74) is -3.53. The van der Waals surface area contributed by atoms with E-state index >= 15 is 0 Å². The maximum absolute atomic E-state index is 12.9. The largest absolute Gasteiger partial charge is 0.336 e. The molecule has 0 N–H and O–H groups in total. The molecule has 12 heteroatoms. The molecule has 6 bridgehead atoms. The number of nitrogens with zero attached hydrogens (tertiary/aromatic N) is 6. The van der Waals surface area contributed by atoms with Crippen LogP contribution in [0.25, 0.3) is 0 Å². The molecule has 12 nitrogen and oxygen atoms in total. The zero-order valence-electron chi connectivity index (χ0n) is 18.7. The lowest BCUT2D eigenvalue weighted by Gasteiger charge is -2.17. The van der Waals surface area contributed by atoms with Crippen LogP contribution < -0.4 is 34.1 Å². The van der Waals surface area contributed by atoms with Gasteiger partial charge < -0.3 is 0 Å². The van der Waals surface area contributed by atoms with E-state index in [4.69, 9.17) is 0 Å². The molecule has 180 valence electrons. The minimum Gasteiger partial charge on any atom is -0.247 e. The molecule has 2 aromatic rings. The fourth-order valence-electron chi connectivity index (χ4n) is 4.66. The molecule has 0 atom stereocenters. The Morgan fingerprint density at radius 2 is 0.424 bits per heavy atom. The zero-order chi connectivity index (χ0) is 23.5. The molecule has 3 aliphatic rings. The molecule has 0 saturated carbocycles. The first-order chi connectivity index (χ1) is 15.9. The molecule has 0 amide bonds. The second kappa shape index (κ2) is 9.75. The summed E-state index contributed by atoms with van der Waals surface area (Å²) in [5, 5.41) is 0. The molecule has 2 aromatic heterocycles. The smallest absolute Gasteiger partial charge is 0.247 e. The SMILES string of the molecule is O=c1n2c(=O)n3c(=O)n1CCCCCn1c(=O)n(c(=O)n(c1=O)CCCCC3)CCCCC2.